The van der Waals surface area contributed by atoms with Crippen LogP contribution in [0, 0.1) is 12.8 Å². The Morgan fingerprint density at radius 2 is 2.12 bits per heavy atom. The fourth-order valence-electron chi connectivity index (χ4n) is 1.62. The molecule has 1 unspecified atom stereocenters. The molecule has 94 valence electrons. The van der Waals surface area contributed by atoms with Crippen molar-refractivity contribution in [2.45, 2.75) is 33.2 Å². The SMILES string of the molecule is Cc1cccc(Cl)c1NC(=O)C(N)CC(C)C. The molecule has 1 rings (SSSR count). The van der Waals surface area contributed by atoms with E-state index in [4.69, 9.17) is 17.3 Å². The van der Waals surface area contributed by atoms with E-state index in [0.29, 0.717) is 23.0 Å². The van der Waals surface area contributed by atoms with E-state index in [1.54, 1.807) is 6.07 Å². The summed E-state index contributed by atoms with van der Waals surface area (Å²) in [5.74, 6) is 0.206. The van der Waals surface area contributed by atoms with Crippen molar-refractivity contribution in [3.05, 3.63) is 28.8 Å². The number of para-hydroxylation sites is 1. The Bertz CT molecular complexity index is 384. The highest BCUT2D eigenvalue weighted by molar-refractivity contribution is 6.34. The lowest BCUT2D eigenvalue weighted by molar-refractivity contribution is -0.117. The Labute approximate surface area is 107 Å². The van der Waals surface area contributed by atoms with Crippen LogP contribution in [0.5, 0.6) is 0 Å². The Hall–Kier alpha value is -1.06. The first-order valence-electron chi connectivity index (χ1n) is 5.73. The minimum absolute atomic E-state index is 0.185. The Morgan fingerprint density at radius 3 is 2.65 bits per heavy atom. The maximum Gasteiger partial charge on any atom is 0.241 e. The first kappa shape index (κ1) is 14.0. The third-order valence-electron chi connectivity index (χ3n) is 2.53. The van der Waals surface area contributed by atoms with Gasteiger partial charge in [0.15, 0.2) is 0 Å². The van der Waals surface area contributed by atoms with Crippen molar-refractivity contribution in [2.75, 3.05) is 5.32 Å². The number of nitrogens with one attached hydrogen (secondary N) is 1. The van der Waals surface area contributed by atoms with Crippen LogP contribution < -0.4 is 11.1 Å². The number of anilines is 1. The van der Waals surface area contributed by atoms with Gasteiger partial charge in [0.1, 0.15) is 0 Å². The summed E-state index contributed by atoms with van der Waals surface area (Å²) in [6, 6.07) is 5.00. The van der Waals surface area contributed by atoms with Gasteiger partial charge in [0.25, 0.3) is 0 Å². The van der Waals surface area contributed by atoms with Crippen LogP contribution in [-0.4, -0.2) is 11.9 Å². The lowest BCUT2D eigenvalue weighted by Crippen LogP contribution is -2.36. The average Bonchev–Trinajstić information content (AvgIpc) is 2.22. The second-order valence-corrected chi connectivity index (χ2v) is 5.06. The second-order valence-electron chi connectivity index (χ2n) is 4.66. The van der Waals surface area contributed by atoms with E-state index in [0.717, 1.165) is 5.56 Å². The summed E-state index contributed by atoms with van der Waals surface area (Å²) in [6.45, 7) is 5.97. The molecular formula is C13H19ClN2O. The predicted octanol–water partition coefficient (Wildman–Crippen LogP) is 2.96. The van der Waals surface area contributed by atoms with Gasteiger partial charge in [-0.2, -0.15) is 0 Å². The van der Waals surface area contributed by atoms with Gasteiger partial charge >= 0.3 is 0 Å². The summed E-state index contributed by atoms with van der Waals surface area (Å²) in [4.78, 5) is 11.9. The summed E-state index contributed by atoms with van der Waals surface area (Å²) in [5, 5.41) is 3.32. The van der Waals surface area contributed by atoms with Crippen molar-refractivity contribution in [3.63, 3.8) is 0 Å². The van der Waals surface area contributed by atoms with Crippen LogP contribution in [0.15, 0.2) is 18.2 Å². The molecule has 0 aromatic heterocycles. The topological polar surface area (TPSA) is 55.1 Å². The van der Waals surface area contributed by atoms with E-state index in [1.165, 1.54) is 0 Å². The fourth-order valence-corrected chi connectivity index (χ4v) is 1.89. The summed E-state index contributed by atoms with van der Waals surface area (Å²) in [6.07, 6.45) is 0.662. The Morgan fingerprint density at radius 1 is 1.47 bits per heavy atom. The number of hydrogen-bond donors (Lipinski definition) is 2. The third-order valence-corrected chi connectivity index (χ3v) is 2.85. The van der Waals surface area contributed by atoms with Gasteiger partial charge in [-0.15, -0.1) is 0 Å². The molecule has 1 atom stereocenters. The molecule has 0 fully saturated rings. The van der Waals surface area contributed by atoms with Gasteiger partial charge in [-0.25, -0.2) is 0 Å². The normalized spacial score (nSPS) is 12.6. The quantitative estimate of drug-likeness (QED) is 0.868. The van der Waals surface area contributed by atoms with E-state index in [1.807, 2.05) is 32.9 Å². The number of hydrogen-bond acceptors (Lipinski definition) is 2. The van der Waals surface area contributed by atoms with Crippen LogP contribution in [0.3, 0.4) is 0 Å². The van der Waals surface area contributed by atoms with Crippen LogP contribution >= 0.6 is 11.6 Å². The summed E-state index contributed by atoms with van der Waals surface area (Å²) < 4.78 is 0. The number of carbonyl (C=O) groups is 1. The molecule has 0 bridgehead atoms. The first-order chi connectivity index (χ1) is 7.91. The molecule has 1 aromatic rings. The van der Waals surface area contributed by atoms with Crippen molar-refractivity contribution in [1.29, 1.82) is 0 Å². The summed E-state index contributed by atoms with van der Waals surface area (Å²) in [5.41, 5.74) is 7.40. The first-order valence-corrected chi connectivity index (χ1v) is 6.11. The summed E-state index contributed by atoms with van der Waals surface area (Å²) in [7, 11) is 0. The van der Waals surface area contributed by atoms with Gasteiger partial charge in [-0.3, -0.25) is 4.79 Å². The lowest BCUT2D eigenvalue weighted by atomic mass is 10.0. The zero-order chi connectivity index (χ0) is 13.0. The average molecular weight is 255 g/mol. The number of amides is 1. The fraction of sp³-hybridized carbons (Fsp3) is 0.462. The van der Waals surface area contributed by atoms with Crippen LogP contribution in [0.4, 0.5) is 5.69 Å². The van der Waals surface area contributed by atoms with E-state index in [-0.39, 0.29) is 5.91 Å². The number of halogens is 1. The highest BCUT2D eigenvalue weighted by Gasteiger charge is 2.16. The minimum Gasteiger partial charge on any atom is -0.323 e. The van der Waals surface area contributed by atoms with Crippen LogP contribution in [-0.2, 0) is 4.79 Å². The van der Waals surface area contributed by atoms with Crippen molar-refractivity contribution < 1.29 is 4.79 Å². The molecule has 0 saturated heterocycles. The molecule has 3 nitrogen and oxygen atoms in total. The highest BCUT2D eigenvalue weighted by atomic mass is 35.5. The highest BCUT2D eigenvalue weighted by Crippen LogP contribution is 2.25. The van der Waals surface area contributed by atoms with Gasteiger partial charge in [0.05, 0.1) is 16.8 Å². The second kappa shape index (κ2) is 6.03. The number of rotatable bonds is 4. The van der Waals surface area contributed by atoms with Gasteiger partial charge < -0.3 is 11.1 Å². The molecule has 0 radical (unpaired) electrons. The molecule has 0 aliphatic rings. The van der Waals surface area contributed by atoms with E-state index in [2.05, 4.69) is 5.32 Å². The molecule has 0 aliphatic heterocycles. The maximum atomic E-state index is 11.9. The van der Waals surface area contributed by atoms with Crippen molar-refractivity contribution in [3.8, 4) is 0 Å². The van der Waals surface area contributed by atoms with Gasteiger partial charge in [-0.1, -0.05) is 37.6 Å². The molecule has 0 heterocycles. The van der Waals surface area contributed by atoms with Crippen molar-refractivity contribution >= 4 is 23.2 Å². The third kappa shape index (κ3) is 4.02. The summed E-state index contributed by atoms with van der Waals surface area (Å²) >= 11 is 6.03. The number of aryl methyl sites for hydroxylation is 1. The largest absolute Gasteiger partial charge is 0.323 e. The number of nitrogens with two attached hydrogens (primary N) is 1. The Kier molecular flexibility index (Phi) is 4.97. The Balaban J connectivity index is 2.74. The minimum atomic E-state index is -0.495. The zero-order valence-electron chi connectivity index (χ0n) is 10.5. The van der Waals surface area contributed by atoms with E-state index < -0.39 is 6.04 Å². The van der Waals surface area contributed by atoms with Crippen LogP contribution in [0.1, 0.15) is 25.8 Å². The van der Waals surface area contributed by atoms with E-state index in [9.17, 15) is 4.79 Å². The van der Waals surface area contributed by atoms with Crippen LogP contribution in [0.2, 0.25) is 5.02 Å². The lowest BCUT2D eigenvalue weighted by Gasteiger charge is -2.16. The van der Waals surface area contributed by atoms with Crippen LogP contribution in [0.25, 0.3) is 0 Å². The van der Waals surface area contributed by atoms with Gasteiger partial charge in [0.2, 0.25) is 5.91 Å². The molecule has 1 amide bonds. The number of benzene rings is 1. The molecule has 0 saturated carbocycles. The molecule has 1 aromatic carbocycles. The standard InChI is InChI=1S/C13H19ClN2O/c1-8(2)7-11(15)13(17)16-12-9(3)5-4-6-10(12)14/h4-6,8,11H,7,15H2,1-3H3,(H,16,17). The number of carbonyl (C=O) groups excluding carboxylic acids is 1. The van der Waals surface area contributed by atoms with Crippen molar-refractivity contribution in [2.24, 2.45) is 11.7 Å². The molecule has 3 N–H and O–H groups in total. The van der Waals surface area contributed by atoms with Gasteiger partial charge in [-0.05, 0) is 30.9 Å². The van der Waals surface area contributed by atoms with E-state index >= 15 is 0 Å². The molecular weight excluding hydrogens is 236 g/mol. The molecule has 17 heavy (non-hydrogen) atoms. The maximum absolute atomic E-state index is 11.9. The zero-order valence-corrected chi connectivity index (χ0v) is 11.2. The smallest absolute Gasteiger partial charge is 0.241 e. The molecule has 0 spiro atoms. The molecule has 0 aliphatic carbocycles. The van der Waals surface area contributed by atoms with Gasteiger partial charge in [0, 0.05) is 0 Å². The monoisotopic (exact) mass is 254 g/mol. The molecule has 4 heteroatoms. The predicted molar refractivity (Wildman–Crippen MR) is 72.2 cm³/mol. The van der Waals surface area contributed by atoms with Crippen molar-refractivity contribution in [1.82, 2.24) is 0 Å².